The number of Topliss-reactive ketones (excluding diaryl/α,β-unsaturated/α-hetero) is 1. The number of carbonyl (C=O) groups excluding carboxylic acids is 3. The molecule has 0 saturated carbocycles. The molecule has 1 unspecified atom stereocenters. The molecule has 0 fully saturated rings. The second-order valence-corrected chi connectivity index (χ2v) is 7.22. The van der Waals surface area contributed by atoms with Crippen LogP contribution < -0.4 is 4.90 Å². The van der Waals surface area contributed by atoms with Crippen LogP contribution >= 0.6 is 0 Å². The molecule has 0 aliphatic carbocycles. The summed E-state index contributed by atoms with van der Waals surface area (Å²) in [4.78, 5) is 39.3. The Bertz CT molecular complexity index is 1020. The zero-order valence-corrected chi connectivity index (χ0v) is 17.3. The van der Waals surface area contributed by atoms with Gasteiger partial charge >= 0.3 is 5.97 Å². The lowest BCUT2D eigenvalue weighted by Gasteiger charge is -2.27. The minimum absolute atomic E-state index is 0.0760. The quantitative estimate of drug-likeness (QED) is 0.686. The molecule has 1 amide bonds. The first-order valence-corrected chi connectivity index (χ1v) is 10.0. The normalized spacial score (nSPS) is 16.2. The molecule has 1 atom stereocenters. The van der Waals surface area contributed by atoms with E-state index < -0.39 is 23.7 Å². The van der Waals surface area contributed by atoms with Gasteiger partial charge < -0.3 is 9.84 Å². The molecule has 1 N–H and O–H groups in total. The number of benzene rings is 2. The molecule has 6 nitrogen and oxygen atoms in total. The average Bonchev–Trinajstić information content (AvgIpc) is 3.02. The minimum atomic E-state index is -0.772. The number of hydrogen-bond donors (Lipinski definition) is 1. The second-order valence-electron chi connectivity index (χ2n) is 7.22. The van der Waals surface area contributed by atoms with Gasteiger partial charge in [0.1, 0.15) is 0 Å². The van der Waals surface area contributed by atoms with Gasteiger partial charge in [0.05, 0.1) is 23.8 Å². The summed E-state index contributed by atoms with van der Waals surface area (Å²) in [5.41, 5.74) is 2.45. The zero-order chi connectivity index (χ0) is 21.8. The van der Waals surface area contributed by atoms with Crippen molar-refractivity contribution in [2.24, 2.45) is 0 Å². The zero-order valence-electron chi connectivity index (χ0n) is 17.3. The van der Waals surface area contributed by atoms with Gasteiger partial charge in [-0.3, -0.25) is 14.5 Å². The van der Waals surface area contributed by atoms with E-state index in [4.69, 9.17) is 4.74 Å². The van der Waals surface area contributed by atoms with Crippen LogP contribution in [0.5, 0.6) is 0 Å². The van der Waals surface area contributed by atoms with Gasteiger partial charge in [0.25, 0.3) is 5.91 Å². The van der Waals surface area contributed by atoms with Gasteiger partial charge in [-0.05, 0) is 37.1 Å². The van der Waals surface area contributed by atoms with Gasteiger partial charge in [0, 0.05) is 12.1 Å². The summed E-state index contributed by atoms with van der Waals surface area (Å²) in [5, 5.41) is 10.6. The van der Waals surface area contributed by atoms with Crippen molar-refractivity contribution in [3.63, 3.8) is 0 Å². The highest BCUT2D eigenvalue weighted by Gasteiger charge is 2.44. The van der Waals surface area contributed by atoms with Crippen molar-refractivity contribution >= 4 is 23.3 Å². The van der Waals surface area contributed by atoms with E-state index >= 15 is 0 Å². The van der Waals surface area contributed by atoms with E-state index in [0.717, 1.165) is 5.56 Å². The van der Waals surface area contributed by atoms with Crippen molar-refractivity contribution in [1.82, 2.24) is 0 Å². The Hall–Kier alpha value is -3.41. The van der Waals surface area contributed by atoms with Crippen LogP contribution in [0.4, 0.5) is 5.69 Å². The van der Waals surface area contributed by atoms with Gasteiger partial charge in [-0.2, -0.15) is 0 Å². The van der Waals surface area contributed by atoms with E-state index in [0.29, 0.717) is 29.8 Å². The Morgan fingerprint density at radius 3 is 2.50 bits per heavy atom. The summed E-state index contributed by atoms with van der Waals surface area (Å²) in [5.74, 6) is -2.00. The number of nitrogens with zero attached hydrogens (tertiary/aromatic N) is 1. The van der Waals surface area contributed by atoms with Crippen molar-refractivity contribution in [2.45, 2.75) is 39.7 Å². The van der Waals surface area contributed by atoms with E-state index in [2.05, 4.69) is 0 Å². The van der Waals surface area contributed by atoms with E-state index in [1.54, 1.807) is 31.2 Å². The Kier molecular flexibility index (Phi) is 6.35. The van der Waals surface area contributed by atoms with Crippen LogP contribution in [-0.2, 0) is 14.3 Å². The number of aliphatic hydroxyl groups is 1. The van der Waals surface area contributed by atoms with E-state index in [1.807, 2.05) is 38.1 Å². The number of ketones is 1. The first-order chi connectivity index (χ1) is 14.4. The molecule has 30 heavy (non-hydrogen) atoms. The van der Waals surface area contributed by atoms with Crippen molar-refractivity contribution in [1.29, 1.82) is 0 Å². The minimum Gasteiger partial charge on any atom is -0.503 e. The molecule has 156 valence electrons. The molecule has 1 aliphatic heterocycles. The molecule has 0 radical (unpaired) electrons. The topological polar surface area (TPSA) is 83.9 Å². The number of esters is 1. The maximum Gasteiger partial charge on any atom is 0.338 e. The number of aliphatic hydroxyl groups excluding tert-OH is 1. The van der Waals surface area contributed by atoms with E-state index in [1.165, 1.54) is 4.90 Å². The van der Waals surface area contributed by atoms with Crippen LogP contribution in [-0.4, -0.2) is 29.4 Å². The van der Waals surface area contributed by atoms with Gasteiger partial charge in [-0.1, -0.05) is 49.7 Å². The highest BCUT2D eigenvalue weighted by molar-refractivity contribution is 6.16. The number of anilines is 1. The van der Waals surface area contributed by atoms with Crippen LogP contribution in [0.1, 0.15) is 54.2 Å². The number of aryl methyl sites for hydroxylation is 1. The van der Waals surface area contributed by atoms with Crippen molar-refractivity contribution < 1.29 is 24.2 Å². The fraction of sp³-hybridized carbons (Fsp3) is 0.292. The average molecular weight is 407 g/mol. The third-order valence-corrected chi connectivity index (χ3v) is 4.98. The molecule has 3 rings (SSSR count). The Labute approximate surface area is 175 Å². The predicted molar refractivity (Wildman–Crippen MR) is 113 cm³/mol. The van der Waals surface area contributed by atoms with E-state index in [-0.39, 0.29) is 17.8 Å². The Morgan fingerprint density at radius 2 is 1.83 bits per heavy atom. The first kappa shape index (κ1) is 21.3. The Balaban J connectivity index is 2.10. The predicted octanol–water partition coefficient (Wildman–Crippen LogP) is 4.44. The number of ether oxygens (including phenoxy) is 1. The molecule has 0 saturated heterocycles. The van der Waals surface area contributed by atoms with E-state index in [9.17, 15) is 19.5 Å². The molecule has 0 spiro atoms. The van der Waals surface area contributed by atoms with Crippen LogP contribution in [0.3, 0.4) is 0 Å². The van der Waals surface area contributed by atoms with Crippen molar-refractivity contribution in [3.05, 3.63) is 76.6 Å². The fourth-order valence-electron chi connectivity index (χ4n) is 3.56. The summed E-state index contributed by atoms with van der Waals surface area (Å²) in [6.07, 6.45) is 0.859. The summed E-state index contributed by atoms with van der Waals surface area (Å²) >= 11 is 0. The number of rotatable bonds is 7. The monoisotopic (exact) mass is 407 g/mol. The maximum absolute atomic E-state index is 13.0. The van der Waals surface area contributed by atoms with Crippen LogP contribution in [0, 0.1) is 6.92 Å². The van der Waals surface area contributed by atoms with Gasteiger partial charge in [-0.25, -0.2) is 4.79 Å². The number of hydrogen-bond acceptors (Lipinski definition) is 5. The molecule has 0 aromatic heterocycles. The lowest BCUT2D eigenvalue weighted by molar-refractivity contribution is -0.118. The molecule has 1 aliphatic rings. The van der Waals surface area contributed by atoms with Gasteiger partial charge in [-0.15, -0.1) is 0 Å². The lowest BCUT2D eigenvalue weighted by Crippen LogP contribution is -2.31. The highest BCUT2D eigenvalue weighted by atomic mass is 16.5. The summed E-state index contributed by atoms with van der Waals surface area (Å²) < 4.78 is 5.19. The molecular weight excluding hydrogens is 382 g/mol. The molecule has 2 aromatic rings. The first-order valence-electron chi connectivity index (χ1n) is 10.0. The summed E-state index contributed by atoms with van der Waals surface area (Å²) in [6, 6.07) is 13.2. The standard InChI is InChI=1S/C24H25NO5/c1-4-12-30-24(29)17-10-7-11-18(14-17)25-21(16-9-6-8-15(3)13-16)20(19(26)5-2)22(27)23(25)28/h6-11,13-14,21,27H,4-5,12H2,1-3H3. The largest absolute Gasteiger partial charge is 0.503 e. The molecular formula is C24H25NO5. The molecule has 2 aromatic carbocycles. The SMILES string of the molecule is CCCOC(=O)c1cccc(N2C(=O)C(O)=C(C(=O)CC)C2c2cccc(C)c2)c1. The molecule has 1 heterocycles. The molecule has 0 bridgehead atoms. The summed E-state index contributed by atoms with van der Waals surface area (Å²) in [7, 11) is 0. The Morgan fingerprint density at radius 1 is 1.10 bits per heavy atom. The number of amides is 1. The third-order valence-electron chi connectivity index (χ3n) is 4.98. The van der Waals surface area contributed by atoms with Crippen LogP contribution in [0.2, 0.25) is 0 Å². The maximum atomic E-state index is 13.0. The molecule has 6 heteroatoms. The van der Waals surface area contributed by atoms with Gasteiger partial charge in [0.2, 0.25) is 0 Å². The second kappa shape index (κ2) is 8.95. The van der Waals surface area contributed by atoms with Crippen molar-refractivity contribution in [2.75, 3.05) is 11.5 Å². The third kappa shape index (κ3) is 3.99. The van der Waals surface area contributed by atoms with Crippen LogP contribution in [0.25, 0.3) is 0 Å². The highest BCUT2D eigenvalue weighted by Crippen LogP contribution is 2.41. The van der Waals surface area contributed by atoms with Crippen molar-refractivity contribution in [3.8, 4) is 0 Å². The summed E-state index contributed by atoms with van der Waals surface area (Å²) in [6.45, 7) is 5.81. The van der Waals surface area contributed by atoms with Crippen LogP contribution in [0.15, 0.2) is 59.9 Å². The van der Waals surface area contributed by atoms with Gasteiger partial charge in [0.15, 0.2) is 11.5 Å². The lowest BCUT2D eigenvalue weighted by atomic mass is 9.94. The fourth-order valence-corrected chi connectivity index (χ4v) is 3.56. The number of carbonyl (C=O) groups is 3. The smallest absolute Gasteiger partial charge is 0.338 e.